The fourth-order valence-electron chi connectivity index (χ4n) is 4.42. The van der Waals surface area contributed by atoms with Gasteiger partial charge in [0.15, 0.2) is 0 Å². The molecule has 5 aromatic rings. The van der Waals surface area contributed by atoms with Gasteiger partial charge in [-0.25, -0.2) is 0 Å². The molecule has 0 saturated heterocycles. The highest BCUT2D eigenvalue weighted by molar-refractivity contribution is 6.12. The van der Waals surface area contributed by atoms with Crippen LogP contribution >= 0.6 is 0 Å². The van der Waals surface area contributed by atoms with Crippen molar-refractivity contribution in [3.05, 3.63) is 121 Å². The average molecular weight is 370 g/mol. The van der Waals surface area contributed by atoms with Crippen LogP contribution in [-0.4, -0.2) is 0 Å². The van der Waals surface area contributed by atoms with E-state index in [-0.39, 0.29) is 0 Å². The standard InChI is InChI=1S/C29H22/c1-21-27(22-13-5-2-6-14-22)25-19-11-12-20-26(25)29(24-17-9-4-10-18-24)28(21)23-15-7-3-8-16-23/h2-20H,1H3. The summed E-state index contributed by atoms with van der Waals surface area (Å²) < 4.78 is 0. The monoisotopic (exact) mass is 370 g/mol. The highest BCUT2D eigenvalue weighted by Gasteiger charge is 2.19. The van der Waals surface area contributed by atoms with Gasteiger partial charge < -0.3 is 0 Å². The van der Waals surface area contributed by atoms with Crippen LogP contribution in [0.1, 0.15) is 5.56 Å². The first kappa shape index (κ1) is 17.5. The van der Waals surface area contributed by atoms with Gasteiger partial charge >= 0.3 is 0 Å². The number of hydrogen-bond donors (Lipinski definition) is 0. The van der Waals surface area contributed by atoms with Crippen LogP contribution in [0.15, 0.2) is 115 Å². The number of hydrogen-bond acceptors (Lipinski definition) is 0. The van der Waals surface area contributed by atoms with Crippen LogP contribution < -0.4 is 0 Å². The van der Waals surface area contributed by atoms with Gasteiger partial charge in [0.05, 0.1) is 0 Å². The molecule has 0 bridgehead atoms. The SMILES string of the molecule is Cc1c(-c2ccccc2)c(-c2ccccc2)c2ccccc2c1-c1ccccc1. The molecule has 0 saturated carbocycles. The Morgan fingerprint density at radius 2 is 0.690 bits per heavy atom. The minimum absolute atomic E-state index is 1.25. The van der Waals surface area contributed by atoms with Gasteiger partial charge in [-0.15, -0.1) is 0 Å². The first-order valence-corrected chi connectivity index (χ1v) is 10.1. The van der Waals surface area contributed by atoms with Gasteiger partial charge in [-0.2, -0.15) is 0 Å². The van der Waals surface area contributed by atoms with E-state index in [0.717, 1.165) is 0 Å². The van der Waals surface area contributed by atoms with E-state index in [9.17, 15) is 0 Å². The van der Waals surface area contributed by atoms with Crippen LogP contribution in [0.4, 0.5) is 0 Å². The summed E-state index contributed by atoms with van der Waals surface area (Å²) in [5, 5.41) is 2.59. The summed E-state index contributed by atoms with van der Waals surface area (Å²) in [5.41, 5.74) is 9.04. The second-order valence-corrected chi connectivity index (χ2v) is 7.39. The Morgan fingerprint density at radius 1 is 0.345 bits per heavy atom. The Morgan fingerprint density at radius 3 is 1.17 bits per heavy atom. The number of rotatable bonds is 3. The molecule has 0 aliphatic rings. The van der Waals surface area contributed by atoms with E-state index in [1.54, 1.807) is 0 Å². The Bertz CT molecular complexity index is 1270. The van der Waals surface area contributed by atoms with Crippen molar-refractivity contribution in [1.29, 1.82) is 0 Å². The molecule has 0 aromatic heterocycles. The Balaban J connectivity index is 1.99. The summed E-state index contributed by atoms with van der Waals surface area (Å²) in [6.07, 6.45) is 0. The first-order valence-electron chi connectivity index (χ1n) is 10.1. The van der Waals surface area contributed by atoms with Gasteiger partial charge in [0.25, 0.3) is 0 Å². The summed E-state index contributed by atoms with van der Waals surface area (Å²) in [7, 11) is 0. The summed E-state index contributed by atoms with van der Waals surface area (Å²) in [6, 6.07) is 41.1. The van der Waals surface area contributed by atoms with E-state index >= 15 is 0 Å². The molecule has 0 atom stereocenters. The van der Waals surface area contributed by atoms with Gasteiger partial charge in [0, 0.05) is 0 Å². The smallest absolute Gasteiger partial charge is 0.00237 e. The van der Waals surface area contributed by atoms with Crippen molar-refractivity contribution in [2.75, 3.05) is 0 Å². The van der Waals surface area contributed by atoms with Crippen LogP contribution in [0, 0.1) is 6.92 Å². The number of benzene rings is 5. The minimum Gasteiger partial charge on any atom is -0.0622 e. The van der Waals surface area contributed by atoms with E-state index in [1.807, 2.05) is 0 Å². The molecule has 0 amide bonds. The van der Waals surface area contributed by atoms with Crippen LogP contribution in [0.3, 0.4) is 0 Å². The Labute approximate surface area is 172 Å². The van der Waals surface area contributed by atoms with Crippen molar-refractivity contribution in [3.8, 4) is 33.4 Å². The lowest BCUT2D eigenvalue weighted by atomic mass is 9.82. The first-order chi connectivity index (χ1) is 14.3. The molecule has 0 spiro atoms. The lowest BCUT2D eigenvalue weighted by molar-refractivity contribution is 1.46. The van der Waals surface area contributed by atoms with Gasteiger partial charge in [0.2, 0.25) is 0 Å². The predicted octanol–water partition coefficient (Wildman–Crippen LogP) is 8.15. The van der Waals surface area contributed by atoms with Crippen molar-refractivity contribution < 1.29 is 0 Å². The van der Waals surface area contributed by atoms with Crippen molar-refractivity contribution >= 4 is 10.8 Å². The molecule has 5 aromatic carbocycles. The zero-order valence-corrected chi connectivity index (χ0v) is 16.5. The van der Waals surface area contributed by atoms with Gasteiger partial charge in [-0.1, -0.05) is 115 Å². The highest BCUT2D eigenvalue weighted by atomic mass is 14.2. The minimum atomic E-state index is 1.25. The fourth-order valence-corrected chi connectivity index (χ4v) is 4.42. The third-order valence-electron chi connectivity index (χ3n) is 5.65. The maximum atomic E-state index is 2.27. The maximum absolute atomic E-state index is 2.27. The molecule has 29 heavy (non-hydrogen) atoms. The molecule has 0 radical (unpaired) electrons. The van der Waals surface area contributed by atoms with Gasteiger partial charge in [0.1, 0.15) is 0 Å². The van der Waals surface area contributed by atoms with Crippen LogP contribution in [0.2, 0.25) is 0 Å². The van der Waals surface area contributed by atoms with Crippen molar-refractivity contribution in [2.45, 2.75) is 6.92 Å². The lowest BCUT2D eigenvalue weighted by Crippen LogP contribution is -1.96. The van der Waals surface area contributed by atoms with Crippen molar-refractivity contribution in [2.24, 2.45) is 0 Å². The van der Waals surface area contributed by atoms with E-state index in [0.29, 0.717) is 0 Å². The molecule has 5 rings (SSSR count). The van der Waals surface area contributed by atoms with E-state index < -0.39 is 0 Å². The highest BCUT2D eigenvalue weighted by Crippen LogP contribution is 2.45. The molecule has 0 unspecified atom stereocenters. The molecular weight excluding hydrogens is 348 g/mol. The topological polar surface area (TPSA) is 0 Å². The third-order valence-corrected chi connectivity index (χ3v) is 5.65. The van der Waals surface area contributed by atoms with Crippen molar-refractivity contribution in [1.82, 2.24) is 0 Å². The largest absolute Gasteiger partial charge is 0.0622 e. The van der Waals surface area contributed by atoms with Crippen LogP contribution in [0.5, 0.6) is 0 Å². The second kappa shape index (κ2) is 7.41. The predicted molar refractivity (Wildman–Crippen MR) is 125 cm³/mol. The normalized spacial score (nSPS) is 10.9. The number of fused-ring (bicyclic) bond motifs is 1. The molecule has 0 heterocycles. The molecule has 0 N–H and O–H groups in total. The van der Waals surface area contributed by atoms with Gasteiger partial charge in [-0.3, -0.25) is 0 Å². The second-order valence-electron chi connectivity index (χ2n) is 7.39. The summed E-state index contributed by atoms with van der Waals surface area (Å²) in [5.74, 6) is 0. The lowest BCUT2D eigenvalue weighted by Gasteiger charge is -2.22. The molecule has 0 fully saturated rings. The molecule has 0 heteroatoms. The Hall–Kier alpha value is -3.64. The average Bonchev–Trinajstić information content (AvgIpc) is 2.80. The summed E-state index contributed by atoms with van der Waals surface area (Å²) in [6.45, 7) is 2.27. The molecule has 0 nitrogen and oxygen atoms in total. The summed E-state index contributed by atoms with van der Waals surface area (Å²) >= 11 is 0. The van der Waals surface area contributed by atoms with E-state index in [2.05, 4.69) is 122 Å². The quantitative estimate of drug-likeness (QED) is 0.300. The molecule has 0 aliphatic carbocycles. The van der Waals surface area contributed by atoms with Gasteiger partial charge in [-0.05, 0) is 56.6 Å². The zero-order valence-electron chi connectivity index (χ0n) is 16.5. The third kappa shape index (κ3) is 3.03. The Kier molecular flexibility index (Phi) is 4.46. The van der Waals surface area contributed by atoms with Crippen LogP contribution in [0.25, 0.3) is 44.2 Å². The molecule has 0 aliphatic heterocycles. The summed E-state index contributed by atoms with van der Waals surface area (Å²) in [4.78, 5) is 0. The molecule has 138 valence electrons. The van der Waals surface area contributed by atoms with E-state index in [4.69, 9.17) is 0 Å². The maximum Gasteiger partial charge on any atom is -0.00237 e. The van der Waals surface area contributed by atoms with Crippen LogP contribution in [-0.2, 0) is 0 Å². The fraction of sp³-hybridized carbons (Fsp3) is 0.0345. The molecular formula is C29H22. The van der Waals surface area contributed by atoms with E-state index in [1.165, 1.54) is 49.7 Å². The van der Waals surface area contributed by atoms with Crippen molar-refractivity contribution in [3.63, 3.8) is 0 Å². The zero-order chi connectivity index (χ0) is 19.6.